The second-order valence-electron chi connectivity index (χ2n) is 7.34. The number of aryl methyl sites for hydroxylation is 1. The molecular formula is C22H24ClN3O2S. The molecule has 4 rings (SSSR count). The van der Waals surface area contributed by atoms with Crippen molar-refractivity contribution in [2.24, 2.45) is 0 Å². The molecular weight excluding hydrogens is 406 g/mol. The van der Waals surface area contributed by atoms with E-state index in [1.165, 1.54) is 0 Å². The van der Waals surface area contributed by atoms with Gasteiger partial charge >= 0.3 is 0 Å². The molecule has 1 saturated heterocycles. The van der Waals surface area contributed by atoms with Gasteiger partial charge in [0.2, 0.25) is 0 Å². The van der Waals surface area contributed by atoms with Crippen molar-refractivity contribution in [3.8, 4) is 16.9 Å². The zero-order valence-corrected chi connectivity index (χ0v) is 17.9. The van der Waals surface area contributed by atoms with Crippen LogP contribution in [0.5, 0.6) is 5.75 Å². The van der Waals surface area contributed by atoms with Gasteiger partial charge in [-0.3, -0.25) is 4.90 Å². The van der Waals surface area contributed by atoms with Crippen LogP contribution in [0.1, 0.15) is 28.4 Å². The summed E-state index contributed by atoms with van der Waals surface area (Å²) in [7, 11) is 0. The van der Waals surface area contributed by atoms with E-state index in [1.807, 2.05) is 43.3 Å². The fourth-order valence-corrected chi connectivity index (χ4v) is 4.52. The van der Waals surface area contributed by atoms with Crippen LogP contribution in [0, 0.1) is 6.92 Å². The molecule has 1 aliphatic heterocycles. The van der Waals surface area contributed by atoms with Gasteiger partial charge in [0.25, 0.3) is 0 Å². The van der Waals surface area contributed by atoms with Crippen LogP contribution in [-0.4, -0.2) is 39.4 Å². The molecule has 7 heteroatoms. The number of halogens is 1. The molecule has 0 spiro atoms. The predicted molar refractivity (Wildman–Crippen MR) is 116 cm³/mol. The predicted octanol–water partition coefficient (Wildman–Crippen LogP) is 4.70. The highest BCUT2D eigenvalue weighted by atomic mass is 35.5. The molecule has 1 unspecified atom stereocenters. The number of aromatic nitrogens is 2. The number of hydrogen-bond acceptors (Lipinski definition) is 6. The first-order chi connectivity index (χ1) is 14.1. The first-order valence-electron chi connectivity index (χ1n) is 9.78. The van der Waals surface area contributed by atoms with Crippen molar-refractivity contribution in [2.45, 2.75) is 39.0 Å². The lowest BCUT2D eigenvalue weighted by Gasteiger charge is -2.30. The van der Waals surface area contributed by atoms with E-state index in [4.69, 9.17) is 16.3 Å². The first kappa shape index (κ1) is 20.3. The number of benzene rings is 2. The molecule has 1 aromatic heterocycles. The molecule has 0 saturated carbocycles. The standard InChI is InChI=1S/C22H24ClN3O2S/c1-15-24-25-22(29-15)14-28-21-9-8-16(19-6-2-3-7-20(19)23)11-17(21)12-26-10-4-5-18(27)13-26/h2-3,6-9,11,18,27H,4-5,10,12-14H2,1H3. The van der Waals surface area contributed by atoms with Crippen LogP contribution in [0.15, 0.2) is 42.5 Å². The highest BCUT2D eigenvalue weighted by molar-refractivity contribution is 7.11. The minimum atomic E-state index is -0.260. The number of rotatable bonds is 6. The van der Waals surface area contributed by atoms with Crippen LogP contribution in [0.25, 0.3) is 11.1 Å². The van der Waals surface area contributed by atoms with Crippen LogP contribution in [-0.2, 0) is 13.2 Å². The van der Waals surface area contributed by atoms with Crippen molar-refractivity contribution in [1.29, 1.82) is 0 Å². The lowest BCUT2D eigenvalue weighted by atomic mass is 10.0. The molecule has 1 atom stereocenters. The van der Waals surface area contributed by atoms with Crippen LogP contribution >= 0.6 is 22.9 Å². The Balaban J connectivity index is 1.61. The van der Waals surface area contributed by atoms with Crippen LogP contribution in [0.2, 0.25) is 5.02 Å². The molecule has 0 bridgehead atoms. The molecule has 1 fully saturated rings. The van der Waals surface area contributed by atoms with E-state index in [1.54, 1.807) is 11.3 Å². The van der Waals surface area contributed by atoms with Crippen LogP contribution < -0.4 is 4.74 Å². The Morgan fingerprint density at radius 1 is 1.24 bits per heavy atom. The van der Waals surface area contributed by atoms with Crippen molar-refractivity contribution in [2.75, 3.05) is 13.1 Å². The zero-order valence-electron chi connectivity index (χ0n) is 16.3. The number of β-amino-alcohol motifs (C(OH)–C–C–N with tert-alkyl or cyclic N) is 1. The Bertz CT molecular complexity index is 978. The third-order valence-electron chi connectivity index (χ3n) is 5.04. The van der Waals surface area contributed by atoms with E-state index in [2.05, 4.69) is 21.2 Å². The molecule has 1 N–H and O–H groups in total. The molecule has 2 aromatic carbocycles. The lowest BCUT2D eigenvalue weighted by Crippen LogP contribution is -2.37. The van der Waals surface area contributed by atoms with Crippen molar-refractivity contribution in [1.82, 2.24) is 15.1 Å². The summed E-state index contributed by atoms with van der Waals surface area (Å²) < 4.78 is 6.11. The normalized spacial score (nSPS) is 17.4. The topological polar surface area (TPSA) is 58.5 Å². The summed E-state index contributed by atoms with van der Waals surface area (Å²) in [6.07, 6.45) is 1.62. The van der Waals surface area contributed by atoms with Gasteiger partial charge in [-0.15, -0.1) is 10.2 Å². The number of piperidine rings is 1. The Morgan fingerprint density at radius 2 is 2.10 bits per heavy atom. The highest BCUT2D eigenvalue weighted by Gasteiger charge is 2.20. The average molecular weight is 430 g/mol. The van der Waals surface area contributed by atoms with Gasteiger partial charge in [0, 0.05) is 29.2 Å². The summed E-state index contributed by atoms with van der Waals surface area (Å²) in [6.45, 7) is 4.72. The van der Waals surface area contributed by atoms with Gasteiger partial charge in [0.1, 0.15) is 17.4 Å². The maximum absolute atomic E-state index is 10.0. The third kappa shape index (κ3) is 5.14. The van der Waals surface area contributed by atoms with Gasteiger partial charge < -0.3 is 9.84 Å². The van der Waals surface area contributed by atoms with E-state index < -0.39 is 0 Å². The second-order valence-corrected chi connectivity index (χ2v) is 9.01. The molecule has 1 aliphatic rings. The van der Waals surface area contributed by atoms with Crippen LogP contribution in [0.3, 0.4) is 0 Å². The second kappa shape index (κ2) is 9.22. The Kier molecular flexibility index (Phi) is 6.45. The van der Waals surface area contributed by atoms with E-state index in [-0.39, 0.29) is 6.10 Å². The number of aliphatic hydroxyl groups is 1. The maximum atomic E-state index is 10.0. The zero-order chi connectivity index (χ0) is 20.2. The van der Waals surface area contributed by atoms with Gasteiger partial charge in [-0.05, 0) is 50.1 Å². The number of nitrogens with zero attached hydrogens (tertiary/aromatic N) is 3. The summed E-state index contributed by atoms with van der Waals surface area (Å²) >= 11 is 7.96. The van der Waals surface area contributed by atoms with Crippen LogP contribution in [0.4, 0.5) is 0 Å². The number of aliphatic hydroxyl groups excluding tert-OH is 1. The summed E-state index contributed by atoms with van der Waals surface area (Å²) in [4.78, 5) is 2.28. The number of likely N-dealkylation sites (tertiary alicyclic amines) is 1. The molecule has 5 nitrogen and oxygen atoms in total. The molecule has 0 aliphatic carbocycles. The third-order valence-corrected chi connectivity index (χ3v) is 6.18. The average Bonchev–Trinajstić information content (AvgIpc) is 3.13. The summed E-state index contributed by atoms with van der Waals surface area (Å²) in [6, 6.07) is 14.0. The van der Waals surface area contributed by atoms with Gasteiger partial charge in [-0.25, -0.2) is 0 Å². The monoisotopic (exact) mass is 429 g/mol. The Labute approximate surface area is 179 Å². The molecule has 152 valence electrons. The lowest BCUT2D eigenvalue weighted by molar-refractivity contribution is 0.0662. The van der Waals surface area contributed by atoms with E-state index in [9.17, 15) is 5.11 Å². The van der Waals surface area contributed by atoms with E-state index in [0.29, 0.717) is 13.2 Å². The first-order valence-corrected chi connectivity index (χ1v) is 11.0. The molecule has 3 aromatic rings. The van der Waals surface area contributed by atoms with Crippen molar-refractivity contribution in [3.63, 3.8) is 0 Å². The van der Waals surface area contributed by atoms with E-state index >= 15 is 0 Å². The quantitative estimate of drug-likeness (QED) is 0.615. The summed E-state index contributed by atoms with van der Waals surface area (Å²) in [5, 5.41) is 20.8. The van der Waals surface area contributed by atoms with E-state index in [0.717, 1.165) is 63.4 Å². The number of hydrogen-bond donors (Lipinski definition) is 1. The van der Waals surface area contributed by atoms with Crippen molar-refractivity contribution >= 4 is 22.9 Å². The number of ether oxygens (including phenoxy) is 1. The maximum Gasteiger partial charge on any atom is 0.155 e. The summed E-state index contributed by atoms with van der Waals surface area (Å²) in [5.41, 5.74) is 3.14. The smallest absolute Gasteiger partial charge is 0.155 e. The molecule has 2 heterocycles. The molecule has 29 heavy (non-hydrogen) atoms. The van der Waals surface area contributed by atoms with Crippen molar-refractivity contribution < 1.29 is 9.84 Å². The van der Waals surface area contributed by atoms with Gasteiger partial charge in [-0.2, -0.15) is 0 Å². The highest BCUT2D eigenvalue weighted by Crippen LogP contribution is 2.32. The summed E-state index contributed by atoms with van der Waals surface area (Å²) in [5.74, 6) is 0.828. The van der Waals surface area contributed by atoms with Gasteiger partial charge in [0.05, 0.1) is 6.10 Å². The minimum absolute atomic E-state index is 0.260. The largest absolute Gasteiger partial charge is 0.486 e. The van der Waals surface area contributed by atoms with Crippen molar-refractivity contribution in [3.05, 3.63) is 63.1 Å². The minimum Gasteiger partial charge on any atom is -0.486 e. The SMILES string of the molecule is Cc1nnc(COc2ccc(-c3ccccc3Cl)cc2CN2CCCC(O)C2)s1. The Morgan fingerprint density at radius 3 is 2.86 bits per heavy atom. The molecule has 0 radical (unpaired) electrons. The van der Waals surface area contributed by atoms with Gasteiger partial charge in [0.15, 0.2) is 5.01 Å². The fraction of sp³-hybridized carbons (Fsp3) is 0.364. The van der Waals surface area contributed by atoms with Gasteiger partial charge in [-0.1, -0.05) is 47.2 Å². The molecule has 0 amide bonds. The fourth-order valence-electron chi connectivity index (χ4n) is 3.66. The Hall–Kier alpha value is -1.99.